The number of unbranched alkanes of at least 4 members (excludes halogenated alkanes) is 2. The van der Waals surface area contributed by atoms with Crippen molar-refractivity contribution < 1.29 is 4.79 Å². The van der Waals surface area contributed by atoms with E-state index in [2.05, 4.69) is 20.8 Å². The number of carbonyl (C=O) groups excluding carboxylic acids is 1. The van der Waals surface area contributed by atoms with E-state index in [4.69, 9.17) is 5.73 Å². The van der Waals surface area contributed by atoms with Gasteiger partial charge in [0.25, 0.3) is 5.91 Å². The van der Waals surface area contributed by atoms with Gasteiger partial charge in [-0.25, -0.2) is 0 Å². The molecule has 3 nitrogen and oxygen atoms in total. The number of benzene rings is 1. The van der Waals surface area contributed by atoms with Crippen LogP contribution < -0.4 is 5.73 Å². The minimum atomic E-state index is 0.0982. The Labute approximate surface area is 110 Å². The number of hydrogen-bond acceptors (Lipinski definition) is 2. The van der Waals surface area contributed by atoms with Crippen LogP contribution >= 0.6 is 0 Å². The summed E-state index contributed by atoms with van der Waals surface area (Å²) in [6, 6.07) is 7.38. The first kappa shape index (κ1) is 14.6. The van der Waals surface area contributed by atoms with Gasteiger partial charge in [-0.1, -0.05) is 19.8 Å². The summed E-state index contributed by atoms with van der Waals surface area (Å²) in [4.78, 5) is 14.3. The second kappa shape index (κ2) is 7.04. The third kappa shape index (κ3) is 4.06. The van der Waals surface area contributed by atoms with Crippen LogP contribution in [0.2, 0.25) is 0 Å². The van der Waals surface area contributed by atoms with Crippen LogP contribution in [-0.4, -0.2) is 23.4 Å². The number of hydrogen-bond donors (Lipinski definition) is 1. The SMILES string of the molecule is CCCCCN(C(=O)c1ccc(N)cc1)C(C)C. The van der Waals surface area contributed by atoms with Gasteiger partial charge in [0.15, 0.2) is 0 Å². The lowest BCUT2D eigenvalue weighted by Crippen LogP contribution is -2.37. The molecule has 0 bridgehead atoms. The van der Waals surface area contributed by atoms with Crippen molar-refractivity contribution in [2.24, 2.45) is 0 Å². The first-order chi connectivity index (χ1) is 8.56. The predicted molar refractivity (Wildman–Crippen MR) is 76.6 cm³/mol. The Kier molecular flexibility index (Phi) is 5.69. The maximum Gasteiger partial charge on any atom is 0.254 e. The summed E-state index contributed by atoms with van der Waals surface area (Å²) in [5.41, 5.74) is 7.04. The zero-order valence-electron chi connectivity index (χ0n) is 11.6. The van der Waals surface area contributed by atoms with Crippen molar-refractivity contribution in [3.8, 4) is 0 Å². The Morgan fingerprint density at radius 2 is 1.83 bits per heavy atom. The standard InChI is InChI=1S/C15H24N2O/c1-4-5-6-11-17(12(2)3)15(18)13-7-9-14(16)10-8-13/h7-10,12H,4-6,11,16H2,1-3H3. The molecular weight excluding hydrogens is 224 g/mol. The summed E-state index contributed by atoms with van der Waals surface area (Å²) in [6.07, 6.45) is 3.40. The molecular formula is C15H24N2O. The summed E-state index contributed by atoms with van der Waals surface area (Å²) in [7, 11) is 0. The second-order valence-electron chi connectivity index (χ2n) is 4.92. The second-order valence-corrected chi connectivity index (χ2v) is 4.92. The normalized spacial score (nSPS) is 10.7. The van der Waals surface area contributed by atoms with Gasteiger partial charge in [0.2, 0.25) is 0 Å². The highest BCUT2D eigenvalue weighted by molar-refractivity contribution is 5.94. The van der Waals surface area contributed by atoms with Crippen LogP contribution in [0.5, 0.6) is 0 Å². The van der Waals surface area contributed by atoms with Crippen LogP contribution in [0, 0.1) is 0 Å². The molecule has 1 rings (SSSR count). The quantitative estimate of drug-likeness (QED) is 0.620. The van der Waals surface area contributed by atoms with E-state index in [-0.39, 0.29) is 11.9 Å². The van der Waals surface area contributed by atoms with Crippen molar-refractivity contribution in [1.29, 1.82) is 0 Å². The Hall–Kier alpha value is -1.51. The van der Waals surface area contributed by atoms with E-state index < -0.39 is 0 Å². The van der Waals surface area contributed by atoms with Crippen LogP contribution in [0.1, 0.15) is 50.4 Å². The number of nitrogen functional groups attached to an aromatic ring is 1. The van der Waals surface area contributed by atoms with E-state index in [1.165, 1.54) is 6.42 Å². The molecule has 0 heterocycles. The van der Waals surface area contributed by atoms with Gasteiger partial charge in [-0.15, -0.1) is 0 Å². The lowest BCUT2D eigenvalue weighted by atomic mass is 10.1. The Morgan fingerprint density at radius 3 is 2.33 bits per heavy atom. The van der Waals surface area contributed by atoms with Crippen molar-refractivity contribution in [2.75, 3.05) is 12.3 Å². The maximum atomic E-state index is 12.4. The van der Waals surface area contributed by atoms with E-state index in [0.717, 1.165) is 24.9 Å². The van der Waals surface area contributed by atoms with Crippen molar-refractivity contribution in [3.63, 3.8) is 0 Å². The van der Waals surface area contributed by atoms with Gasteiger partial charge in [0, 0.05) is 23.8 Å². The lowest BCUT2D eigenvalue weighted by Gasteiger charge is -2.27. The first-order valence-electron chi connectivity index (χ1n) is 6.72. The van der Waals surface area contributed by atoms with Gasteiger partial charge < -0.3 is 10.6 Å². The predicted octanol–water partition coefficient (Wildman–Crippen LogP) is 3.31. The molecule has 18 heavy (non-hydrogen) atoms. The van der Waals surface area contributed by atoms with Gasteiger partial charge in [0.05, 0.1) is 0 Å². The molecule has 1 amide bonds. The molecule has 0 saturated carbocycles. The molecule has 0 spiro atoms. The molecule has 1 aromatic rings. The molecule has 100 valence electrons. The topological polar surface area (TPSA) is 46.3 Å². The molecule has 0 saturated heterocycles. The molecule has 0 radical (unpaired) electrons. The van der Waals surface area contributed by atoms with Gasteiger partial charge >= 0.3 is 0 Å². The first-order valence-corrected chi connectivity index (χ1v) is 6.72. The van der Waals surface area contributed by atoms with Gasteiger partial charge in [-0.2, -0.15) is 0 Å². The molecule has 0 aromatic heterocycles. The third-order valence-corrected chi connectivity index (χ3v) is 3.04. The van der Waals surface area contributed by atoms with E-state index in [1.54, 1.807) is 24.3 Å². The third-order valence-electron chi connectivity index (χ3n) is 3.04. The Balaban J connectivity index is 2.73. The Morgan fingerprint density at radius 1 is 1.22 bits per heavy atom. The zero-order chi connectivity index (χ0) is 13.5. The smallest absolute Gasteiger partial charge is 0.254 e. The fourth-order valence-corrected chi connectivity index (χ4v) is 1.92. The van der Waals surface area contributed by atoms with Gasteiger partial charge in [-0.3, -0.25) is 4.79 Å². The minimum Gasteiger partial charge on any atom is -0.399 e. The highest BCUT2D eigenvalue weighted by atomic mass is 16.2. The number of rotatable bonds is 6. The average molecular weight is 248 g/mol. The molecule has 1 aromatic carbocycles. The summed E-state index contributed by atoms with van der Waals surface area (Å²) >= 11 is 0. The van der Waals surface area contributed by atoms with Crippen LogP contribution in [-0.2, 0) is 0 Å². The van der Waals surface area contributed by atoms with Crippen LogP contribution in [0.4, 0.5) is 5.69 Å². The number of nitrogens with zero attached hydrogens (tertiary/aromatic N) is 1. The van der Waals surface area contributed by atoms with Crippen LogP contribution in [0.25, 0.3) is 0 Å². The van der Waals surface area contributed by atoms with Crippen LogP contribution in [0.3, 0.4) is 0 Å². The molecule has 0 atom stereocenters. The molecule has 0 aliphatic rings. The highest BCUT2D eigenvalue weighted by Gasteiger charge is 2.17. The molecule has 0 aliphatic carbocycles. The molecule has 0 unspecified atom stereocenters. The monoisotopic (exact) mass is 248 g/mol. The summed E-state index contributed by atoms with van der Waals surface area (Å²) in [6.45, 7) is 7.11. The largest absolute Gasteiger partial charge is 0.399 e. The minimum absolute atomic E-state index is 0.0982. The molecule has 2 N–H and O–H groups in total. The fourth-order valence-electron chi connectivity index (χ4n) is 1.92. The summed E-state index contributed by atoms with van der Waals surface area (Å²) in [5.74, 6) is 0.0982. The Bertz CT molecular complexity index is 371. The van der Waals surface area contributed by atoms with E-state index in [9.17, 15) is 4.79 Å². The van der Waals surface area contributed by atoms with Crippen molar-refractivity contribution in [3.05, 3.63) is 29.8 Å². The number of anilines is 1. The van der Waals surface area contributed by atoms with Gasteiger partial charge in [0.1, 0.15) is 0 Å². The number of amides is 1. The number of carbonyl (C=O) groups is 1. The van der Waals surface area contributed by atoms with Crippen molar-refractivity contribution >= 4 is 11.6 Å². The maximum absolute atomic E-state index is 12.4. The van der Waals surface area contributed by atoms with Gasteiger partial charge in [-0.05, 0) is 44.5 Å². The van der Waals surface area contributed by atoms with E-state index >= 15 is 0 Å². The van der Waals surface area contributed by atoms with Crippen LogP contribution in [0.15, 0.2) is 24.3 Å². The van der Waals surface area contributed by atoms with Crippen molar-refractivity contribution in [1.82, 2.24) is 4.90 Å². The molecule has 3 heteroatoms. The molecule has 0 aliphatic heterocycles. The number of nitrogens with two attached hydrogens (primary N) is 1. The highest BCUT2D eigenvalue weighted by Crippen LogP contribution is 2.12. The summed E-state index contributed by atoms with van der Waals surface area (Å²) in [5, 5.41) is 0. The zero-order valence-corrected chi connectivity index (χ0v) is 11.6. The summed E-state index contributed by atoms with van der Waals surface area (Å²) < 4.78 is 0. The van der Waals surface area contributed by atoms with Crippen molar-refractivity contribution in [2.45, 2.75) is 46.1 Å². The molecule has 0 fully saturated rings. The fraction of sp³-hybridized carbons (Fsp3) is 0.533. The van der Waals surface area contributed by atoms with E-state index in [0.29, 0.717) is 5.69 Å². The average Bonchev–Trinajstić information content (AvgIpc) is 2.34. The lowest BCUT2D eigenvalue weighted by molar-refractivity contribution is 0.0702. The van der Waals surface area contributed by atoms with E-state index in [1.807, 2.05) is 4.90 Å².